The molecule has 138 valence electrons. The minimum atomic E-state index is 0.0230. The van der Waals surface area contributed by atoms with Crippen LogP contribution in [-0.2, 0) is 7.05 Å². The number of aryl methyl sites for hydroxylation is 2. The molecule has 0 aliphatic carbocycles. The highest BCUT2D eigenvalue weighted by atomic mass is 32.1. The molecule has 0 spiro atoms. The third-order valence-corrected chi connectivity index (χ3v) is 6.29. The summed E-state index contributed by atoms with van der Waals surface area (Å²) in [5, 5.41) is 9.73. The summed E-state index contributed by atoms with van der Waals surface area (Å²) in [5.41, 5.74) is 3.66. The smallest absolute Gasteiger partial charge is 0.273 e. The molecule has 5 rings (SSSR count). The third kappa shape index (κ3) is 2.76. The molecule has 0 unspecified atom stereocenters. The van der Waals surface area contributed by atoms with Crippen LogP contribution in [0, 0.1) is 6.92 Å². The van der Waals surface area contributed by atoms with Crippen molar-refractivity contribution in [2.24, 2.45) is 7.05 Å². The first-order chi connectivity index (χ1) is 13.1. The van der Waals surface area contributed by atoms with Gasteiger partial charge in [-0.2, -0.15) is 5.10 Å². The van der Waals surface area contributed by atoms with Crippen molar-refractivity contribution in [3.63, 3.8) is 0 Å². The van der Waals surface area contributed by atoms with E-state index in [1.54, 1.807) is 10.9 Å². The number of fused-ring (bicyclic) bond motifs is 2. The average molecular weight is 380 g/mol. The minimum Gasteiger partial charge on any atom is -0.317 e. The van der Waals surface area contributed by atoms with Crippen molar-refractivity contribution in [3.8, 4) is 10.6 Å². The van der Waals surface area contributed by atoms with Crippen LogP contribution in [0.3, 0.4) is 0 Å². The predicted molar refractivity (Wildman–Crippen MR) is 107 cm³/mol. The Kier molecular flexibility index (Phi) is 3.84. The van der Waals surface area contributed by atoms with Gasteiger partial charge in [-0.25, -0.2) is 9.97 Å². The second-order valence-electron chi connectivity index (χ2n) is 7.14. The van der Waals surface area contributed by atoms with Crippen LogP contribution in [0.1, 0.15) is 24.4 Å². The maximum Gasteiger partial charge on any atom is 0.273 e. The number of nitrogens with one attached hydrogen (secondary N) is 1. The molecule has 0 amide bonds. The fraction of sp³-hybridized carbons (Fsp3) is 0.368. The van der Waals surface area contributed by atoms with Crippen LogP contribution in [0.25, 0.3) is 31.8 Å². The number of hydrogen-bond donors (Lipinski definition) is 1. The van der Waals surface area contributed by atoms with Crippen LogP contribution in [0.15, 0.2) is 29.5 Å². The van der Waals surface area contributed by atoms with E-state index in [4.69, 9.17) is 0 Å². The first-order valence-electron chi connectivity index (χ1n) is 9.13. The Morgan fingerprint density at radius 1 is 1.26 bits per heavy atom. The zero-order valence-electron chi connectivity index (χ0n) is 15.3. The van der Waals surface area contributed by atoms with Gasteiger partial charge in [-0.1, -0.05) is 0 Å². The second kappa shape index (κ2) is 6.24. The van der Waals surface area contributed by atoms with Gasteiger partial charge in [0.2, 0.25) is 0 Å². The van der Waals surface area contributed by atoms with Crippen LogP contribution in [0.5, 0.6) is 0 Å². The molecule has 1 aromatic carbocycles. The lowest BCUT2D eigenvalue weighted by Gasteiger charge is -2.24. The summed E-state index contributed by atoms with van der Waals surface area (Å²) in [4.78, 5) is 22.1. The second-order valence-corrected chi connectivity index (χ2v) is 8.14. The molecule has 1 fully saturated rings. The minimum absolute atomic E-state index is 0.0230. The van der Waals surface area contributed by atoms with E-state index in [1.807, 2.05) is 17.9 Å². The SMILES string of the molecule is Cc1cc(-c2nc3ncn(C4CCNCC4)c(=O)c3s2)cc2cn(C)nc12. The van der Waals surface area contributed by atoms with Crippen LogP contribution >= 0.6 is 11.3 Å². The maximum atomic E-state index is 13.0. The molecule has 1 aliphatic heterocycles. The lowest BCUT2D eigenvalue weighted by atomic mass is 10.1. The van der Waals surface area contributed by atoms with Gasteiger partial charge < -0.3 is 5.32 Å². The number of thiazole rings is 1. The molecule has 1 aliphatic rings. The van der Waals surface area contributed by atoms with Gasteiger partial charge in [0.15, 0.2) is 5.65 Å². The number of rotatable bonds is 2. The maximum absolute atomic E-state index is 13.0. The Morgan fingerprint density at radius 3 is 2.89 bits per heavy atom. The summed E-state index contributed by atoms with van der Waals surface area (Å²) >= 11 is 1.43. The molecule has 4 heterocycles. The Labute approximate surface area is 159 Å². The summed E-state index contributed by atoms with van der Waals surface area (Å²) in [7, 11) is 1.92. The van der Waals surface area contributed by atoms with Gasteiger partial charge in [0.25, 0.3) is 5.56 Å². The van der Waals surface area contributed by atoms with Crippen molar-refractivity contribution in [1.29, 1.82) is 0 Å². The van der Waals surface area contributed by atoms with E-state index in [9.17, 15) is 4.79 Å². The summed E-state index contributed by atoms with van der Waals surface area (Å²) in [6.07, 6.45) is 5.58. The summed E-state index contributed by atoms with van der Waals surface area (Å²) < 4.78 is 4.25. The van der Waals surface area contributed by atoms with E-state index >= 15 is 0 Å². The monoisotopic (exact) mass is 380 g/mol. The lowest BCUT2D eigenvalue weighted by molar-refractivity contribution is 0.359. The van der Waals surface area contributed by atoms with Crippen molar-refractivity contribution >= 4 is 32.6 Å². The molecule has 7 nitrogen and oxygen atoms in total. The largest absolute Gasteiger partial charge is 0.317 e. The van der Waals surface area contributed by atoms with Gasteiger partial charge in [0, 0.05) is 30.2 Å². The number of nitrogens with zero attached hydrogens (tertiary/aromatic N) is 5. The molecule has 4 aromatic rings. The molecule has 1 N–H and O–H groups in total. The molecule has 0 bridgehead atoms. The third-order valence-electron chi connectivity index (χ3n) is 5.21. The lowest BCUT2D eigenvalue weighted by Crippen LogP contribution is -2.34. The van der Waals surface area contributed by atoms with Gasteiger partial charge in [-0.15, -0.1) is 11.3 Å². The highest BCUT2D eigenvalue weighted by Gasteiger charge is 2.19. The van der Waals surface area contributed by atoms with Crippen molar-refractivity contribution in [2.75, 3.05) is 13.1 Å². The number of piperidine rings is 1. The van der Waals surface area contributed by atoms with E-state index in [0.717, 1.165) is 53.0 Å². The Hall–Kier alpha value is -2.58. The standard InChI is InChI=1S/C19H20N6OS/c1-11-7-12(8-13-9-24(2)23-15(11)13)18-22-17-16(27-18)19(26)25(10-21-17)14-3-5-20-6-4-14/h7-10,14,20H,3-6H2,1-2H3. The zero-order chi connectivity index (χ0) is 18.5. The molecule has 0 atom stereocenters. The number of aromatic nitrogens is 5. The molecule has 3 aromatic heterocycles. The first kappa shape index (κ1) is 16.6. The Morgan fingerprint density at radius 2 is 2.07 bits per heavy atom. The van der Waals surface area contributed by atoms with Gasteiger partial charge in [0.05, 0.1) is 5.52 Å². The molecule has 27 heavy (non-hydrogen) atoms. The molecule has 8 heteroatoms. The number of benzene rings is 1. The molecule has 1 saturated heterocycles. The Balaban J connectivity index is 1.62. The molecule has 0 radical (unpaired) electrons. The summed E-state index contributed by atoms with van der Waals surface area (Å²) in [6.45, 7) is 3.93. The number of hydrogen-bond acceptors (Lipinski definition) is 6. The highest BCUT2D eigenvalue weighted by Crippen LogP contribution is 2.31. The van der Waals surface area contributed by atoms with E-state index in [-0.39, 0.29) is 11.6 Å². The normalized spacial score (nSPS) is 15.8. The van der Waals surface area contributed by atoms with Crippen LogP contribution in [-0.4, -0.2) is 37.4 Å². The van der Waals surface area contributed by atoms with Crippen LogP contribution in [0.4, 0.5) is 0 Å². The Bertz CT molecular complexity index is 1210. The topological polar surface area (TPSA) is 77.6 Å². The quantitative estimate of drug-likeness (QED) is 0.578. The van der Waals surface area contributed by atoms with Gasteiger partial charge in [-0.05, 0) is 50.6 Å². The van der Waals surface area contributed by atoms with E-state index in [1.165, 1.54) is 11.3 Å². The predicted octanol–water partition coefficient (Wildman–Crippen LogP) is 2.64. The van der Waals surface area contributed by atoms with Crippen LogP contribution < -0.4 is 10.9 Å². The fourth-order valence-electron chi connectivity index (χ4n) is 3.85. The zero-order valence-corrected chi connectivity index (χ0v) is 16.1. The average Bonchev–Trinajstić information content (AvgIpc) is 3.26. The van der Waals surface area contributed by atoms with Crippen molar-refractivity contribution in [2.45, 2.75) is 25.8 Å². The van der Waals surface area contributed by atoms with Gasteiger partial charge >= 0.3 is 0 Å². The highest BCUT2D eigenvalue weighted by molar-refractivity contribution is 7.21. The van der Waals surface area contributed by atoms with E-state index in [0.29, 0.717) is 10.3 Å². The van der Waals surface area contributed by atoms with E-state index < -0.39 is 0 Å². The van der Waals surface area contributed by atoms with Gasteiger partial charge in [-0.3, -0.25) is 14.0 Å². The fourth-order valence-corrected chi connectivity index (χ4v) is 4.79. The molecule has 0 saturated carbocycles. The van der Waals surface area contributed by atoms with E-state index in [2.05, 4.69) is 39.4 Å². The van der Waals surface area contributed by atoms with Crippen molar-refractivity contribution in [3.05, 3.63) is 40.6 Å². The van der Waals surface area contributed by atoms with Crippen molar-refractivity contribution < 1.29 is 0 Å². The summed E-state index contributed by atoms with van der Waals surface area (Å²) in [5.74, 6) is 0. The molecular formula is C19H20N6OS. The van der Waals surface area contributed by atoms with Crippen molar-refractivity contribution in [1.82, 2.24) is 29.6 Å². The summed E-state index contributed by atoms with van der Waals surface area (Å²) in [6, 6.07) is 4.38. The van der Waals surface area contributed by atoms with Gasteiger partial charge in [0.1, 0.15) is 16.0 Å². The first-order valence-corrected chi connectivity index (χ1v) is 9.94. The van der Waals surface area contributed by atoms with Crippen LogP contribution in [0.2, 0.25) is 0 Å². The molecular weight excluding hydrogens is 360 g/mol.